The number of carbonyl (C=O) groups excluding carboxylic acids is 2. The number of amides is 2. The minimum absolute atomic E-state index is 0.155. The minimum atomic E-state index is -0.411. The quantitative estimate of drug-likeness (QED) is 0.812. The largest absolute Gasteiger partial charge is 0.286 e. The van der Waals surface area contributed by atoms with Gasteiger partial charge in [-0.1, -0.05) is 49.1 Å². The van der Waals surface area contributed by atoms with Gasteiger partial charge in [-0.15, -0.1) is 5.06 Å². The molecule has 4 heteroatoms. The summed E-state index contributed by atoms with van der Waals surface area (Å²) in [4.78, 5) is 30.0. The number of hydrogen-bond acceptors (Lipinski definition) is 3. The molecule has 1 heterocycles. The summed E-state index contributed by atoms with van der Waals surface area (Å²) in [6, 6.07) is 12.8. The van der Waals surface area contributed by atoms with Crippen LogP contribution in [0, 0.1) is 6.92 Å². The summed E-state index contributed by atoms with van der Waals surface area (Å²) in [5.41, 5.74) is 3.47. The van der Waals surface area contributed by atoms with Crippen molar-refractivity contribution >= 4 is 17.9 Å². The van der Waals surface area contributed by atoms with Crippen LogP contribution >= 0.6 is 0 Å². The highest BCUT2D eigenvalue weighted by Gasteiger charge is 2.37. The van der Waals surface area contributed by atoms with Gasteiger partial charge in [0.25, 0.3) is 11.8 Å². The van der Waals surface area contributed by atoms with Crippen molar-refractivity contribution in [2.75, 3.05) is 0 Å². The fourth-order valence-corrected chi connectivity index (χ4v) is 2.44. The number of nitrogens with zero attached hydrogens (tertiary/aromatic N) is 1. The number of fused-ring (bicyclic) bond motifs is 1. The van der Waals surface area contributed by atoms with Crippen molar-refractivity contribution in [2.24, 2.45) is 0 Å². The average molecular weight is 293 g/mol. The Balaban J connectivity index is 1.77. The number of hydroxylamine groups is 2. The summed E-state index contributed by atoms with van der Waals surface area (Å²) in [7, 11) is 0. The van der Waals surface area contributed by atoms with E-state index in [1.807, 2.05) is 37.3 Å². The number of hydrogen-bond donors (Lipinski definition) is 0. The van der Waals surface area contributed by atoms with Crippen molar-refractivity contribution in [1.82, 2.24) is 5.06 Å². The highest BCUT2D eigenvalue weighted by Crippen LogP contribution is 2.26. The maximum Gasteiger partial charge on any atom is 0.286 e. The fourth-order valence-electron chi connectivity index (χ4n) is 2.44. The van der Waals surface area contributed by atoms with Crippen LogP contribution in [0.3, 0.4) is 0 Å². The second-order valence-corrected chi connectivity index (χ2v) is 5.12. The predicted molar refractivity (Wildman–Crippen MR) is 83.0 cm³/mol. The van der Waals surface area contributed by atoms with Crippen LogP contribution in [-0.4, -0.2) is 16.9 Å². The maximum atomic E-state index is 12.3. The molecule has 0 radical (unpaired) electrons. The van der Waals surface area contributed by atoms with E-state index in [-0.39, 0.29) is 6.61 Å². The van der Waals surface area contributed by atoms with Crippen molar-refractivity contribution < 1.29 is 14.4 Å². The van der Waals surface area contributed by atoms with Gasteiger partial charge in [0, 0.05) is 0 Å². The number of carbonyl (C=O) groups is 2. The number of rotatable bonds is 4. The van der Waals surface area contributed by atoms with Gasteiger partial charge in [0.2, 0.25) is 0 Å². The highest BCUT2D eigenvalue weighted by molar-refractivity contribution is 6.21. The molecule has 3 rings (SSSR count). The molecular formula is C18H15NO3. The van der Waals surface area contributed by atoms with Gasteiger partial charge in [0.15, 0.2) is 0 Å². The molecule has 0 saturated carbocycles. The van der Waals surface area contributed by atoms with Crippen LogP contribution in [-0.2, 0) is 11.4 Å². The minimum Gasteiger partial charge on any atom is -0.266 e. The molecule has 0 spiro atoms. The Morgan fingerprint density at radius 3 is 2.45 bits per heavy atom. The molecule has 1 aliphatic heterocycles. The smallest absolute Gasteiger partial charge is 0.266 e. The molecule has 0 unspecified atom stereocenters. The molecule has 22 heavy (non-hydrogen) atoms. The van der Waals surface area contributed by atoms with E-state index in [0.717, 1.165) is 21.8 Å². The molecule has 0 fully saturated rings. The van der Waals surface area contributed by atoms with Gasteiger partial charge in [0.1, 0.15) is 6.61 Å². The van der Waals surface area contributed by atoms with E-state index in [2.05, 4.69) is 6.58 Å². The third-order valence-electron chi connectivity index (χ3n) is 3.66. The molecule has 0 aromatic heterocycles. The number of imide groups is 1. The molecule has 2 aromatic rings. The van der Waals surface area contributed by atoms with E-state index in [4.69, 9.17) is 4.84 Å². The van der Waals surface area contributed by atoms with E-state index >= 15 is 0 Å². The van der Waals surface area contributed by atoms with Gasteiger partial charge in [-0.2, -0.15) is 0 Å². The first kappa shape index (κ1) is 14.2. The lowest BCUT2D eigenvalue weighted by atomic mass is 10.0. The molecule has 1 aliphatic rings. The van der Waals surface area contributed by atoms with Crippen molar-refractivity contribution in [3.8, 4) is 0 Å². The molecule has 2 amide bonds. The SMILES string of the molecule is C=Cc1ccc(CON2C(=O)c3cccc(C)c3C2=O)cc1. The zero-order chi connectivity index (χ0) is 15.7. The normalized spacial score (nSPS) is 13.4. The standard InChI is InChI=1S/C18H15NO3/c1-3-13-7-9-14(10-8-13)11-22-19-17(20)15-6-4-5-12(2)16(15)18(19)21/h3-10H,1,11H2,2H3. The van der Waals surface area contributed by atoms with Crippen molar-refractivity contribution in [3.63, 3.8) is 0 Å². The van der Waals surface area contributed by atoms with Crippen LogP contribution in [0.5, 0.6) is 0 Å². The van der Waals surface area contributed by atoms with Gasteiger partial charge in [0.05, 0.1) is 11.1 Å². The Morgan fingerprint density at radius 2 is 1.82 bits per heavy atom. The third kappa shape index (κ3) is 2.34. The van der Waals surface area contributed by atoms with Gasteiger partial charge < -0.3 is 0 Å². The number of benzene rings is 2. The monoisotopic (exact) mass is 293 g/mol. The zero-order valence-corrected chi connectivity index (χ0v) is 12.2. The van der Waals surface area contributed by atoms with E-state index < -0.39 is 11.8 Å². The fraction of sp³-hybridized carbons (Fsp3) is 0.111. The summed E-state index contributed by atoms with van der Waals surface area (Å²) in [5, 5.41) is 0.846. The van der Waals surface area contributed by atoms with Crippen LogP contribution < -0.4 is 0 Å². The van der Waals surface area contributed by atoms with Crippen molar-refractivity contribution in [2.45, 2.75) is 13.5 Å². The highest BCUT2D eigenvalue weighted by atomic mass is 16.7. The molecular weight excluding hydrogens is 278 g/mol. The Bertz CT molecular complexity index is 762. The van der Waals surface area contributed by atoms with Crippen LogP contribution in [0.15, 0.2) is 49.0 Å². The third-order valence-corrected chi connectivity index (χ3v) is 3.66. The first-order chi connectivity index (χ1) is 10.6. The van der Waals surface area contributed by atoms with Crippen molar-refractivity contribution in [3.05, 3.63) is 76.9 Å². The van der Waals surface area contributed by atoms with E-state index in [1.165, 1.54) is 0 Å². The molecule has 0 N–H and O–H groups in total. The first-order valence-electron chi connectivity index (χ1n) is 6.94. The molecule has 4 nitrogen and oxygen atoms in total. The lowest BCUT2D eigenvalue weighted by molar-refractivity contribution is -0.101. The lowest BCUT2D eigenvalue weighted by Gasteiger charge is -2.13. The molecule has 110 valence electrons. The van der Waals surface area contributed by atoms with Gasteiger partial charge >= 0.3 is 0 Å². The Hall–Kier alpha value is -2.72. The summed E-state index contributed by atoms with van der Waals surface area (Å²) in [5.74, 6) is -0.813. The Kier molecular flexibility index (Phi) is 3.61. The van der Waals surface area contributed by atoms with Gasteiger partial charge in [-0.3, -0.25) is 14.4 Å². The molecule has 0 atom stereocenters. The molecule has 0 saturated heterocycles. The van der Waals surface area contributed by atoms with Crippen molar-refractivity contribution in [1.29, 1.82) is 0 Å². The zero-order valence-electron chi connectivity index (χ0n) is 12.2. The molecule has 0 bridgehead atoms. The van der Waals surface area contributed by atoms with Gasteiger partial charge in [-0.05, 0) is 29.7 Å². The lowest BCUT2D eigenvalue weighted by Crippen LogP contribution is -2.29. The Labute approximate surface area is 128 Å². The van der Waals surface area contributed by atoms with Crippen LogP contribution in [0.4, 0.5) is 0 Å². The summed E-state index contributed by atoms with van der Waals surface area (Å²) >= 11 is 0. The van der Waals surface area contributed by atoms with E-state index in [9.17, 15) is 9.59 Å². The molecule has 0 aliphatic carbocycles. The predicted octanol–water partition coefficient (Wildman–Crippen LogP) is 3.37. The van der Waals surface area contributed by atoms with Crippen LogP contribution in [0.1, 0.15) is 37.4 Å². The Morgan fingerprint density at radius 1 is 1.09 bits per heavy atom. The maximum absolute atomic E-state index is 12.3. The summed E-state index contributed by atoms with van der Waals surface area (Å²) < 4.78 is 0. The second kappa shape index (κ2) is 5.58. The van der Waals surface area contributed by atoms with E-state index in [1.54, 1.807) is 18.2 Å². The van der Waals surface area contributed by atoms with Crippen LogP contribution in [0.2, 0.25) is 0 Å². The van der Waals surface area contributed by atoms with E-state index in [0.29, 0.717) is 11.1 Å². The molecule has 2 aromatic carbocycles. The first-order valence-corrected chi connectivity index (χ1v) is 6.94. The van der Waals surface area contributed by atoms with Gasteiger partial charge in [-0.25, -0.2) is 0 Å². The second-order valence-electron chi connectivity index (χ2n) is 5.12. The summed E-state index contributed by atoms with van der Waals surface area (Å²) in [6.45, 7) is 5.65. The van der Waals surface area contributed by atoms with Crippen LogP contribution in [0.25, 0.3) is 6.08 Å². The summed E-state index contributed by atoms with van der Waals surface area (Å²) in [6.07, 6.45) is 1.75. The topological polar surface area (TPSA) is 46.6 Å². The number of aryl methyl sites for hydroxylation is 1. The average Bonchev–Trinajstić information content (AvgIpc) is 2.78.